The molecular weight excluding hydrogens is 306 g/mol. The van der Waals surface area contributed by atoms with E-state index in [1.54, 1.807) is 23.9 Å². The Hall–Kier alpha value is -1.81. The van der Waals surface area contributed by atoms with Gasteiger partial charge in [0.25, 0.3) is 0 Å². The minimum Gasteiger partial charge on any atom is -0.331 e. The van der Waals surface area contributed by atoms with Crippen LogP contribution in [0.25, 0.3) is 0 Å². The number of fused-ring (bicyclic) bond motifs is 1. The van der Waals surface area contributed by atoms with Crippen LogP contribution in [0.5, 0.6) is 0 Å². The van der Waals surface area contributed by atoms with Crippen LogP contribution < -0.4 is 5.32 Å². The monoisotopic (exact) mass is 333 g/mol. The van der Waals surface area contributed by atoms with Crippen LogP contribution in [0.4, 0.5) is 4.79 Å². The van der Waals surface area contributed by atoms with E-state index >= 15 is 0 Å². The molecule has 0 spiro atoms. The molecule has 3 rings (SSSR count). The number of nitrogens with one attached hydrogen (secondary N) is 1. The van der Waals surface area contributed by atoms with Crippen molar-refractivity contribution in [3.05, 3.63) is 0 Å². The molecule has 7 heteroatoms. The summed E-state index contributed by atoms with van der Waals surface area (Å²) in [5, 5.41) is 12.5. The molecule has 0 radical (unpaired) electrons. The van der Waals surface area contributed by atoms with Gasteiger partial charge in [-0.1, -0.05) is 0 Å². The largest absolute Gasteiger partial charge is 0.331 e. The molecule has 1 aliphatic carbocycles. The van der Waals surface area contributed by atoms with Crippen molar-refractivity contribution in [1.29, 1.82) is 5.26 Å². The van der Waals surface area contributed by atoms with Gasteiger partial charge in [-0.25, -0.2) is 4.79 Å². The molecule has 3 aliphatic rings. The molecule has 4 atom stereocenters. The first kappa shape index (κ1) is 17.0. The summed E-state index contributed by atoms with van der Waals surface area (Å²) in [6.07, 6.45) is 3.77. The van der Waals surface area contributed by atoms with E-state index in [1.807, 2.05) is 4.90 Å². The number of nitriles is 1. The molecule has 3 fully saturated rings. The number of carbonyl (C=O) groups is 2. The van der Waals surface area contributed by atoms with Crippen LogP contribution in [0.3, 0.4) is 0 Å². The first-order valence-electron chi connectivity index (χ1n) is 8.88. The van der Waals surface area contributed by atoms with Gasteiger partial charge in [-0.3, -0.25) is 4.79 Å². The first-order chi connectivity index (χ1) is 11.5. The van der Waals surface area contributed by atoms with Crippen molar-refractivity contribution in [1.82, 2.24) is 20.0 Å². The average Bonchev–Trinajstić information content (AvgIpc) is 3.25. The summed E-state index contributed by atoms with van der Waals surface area (Å²) in [6, 6.07) is 2.42. The van der Waals surface area contributed by atoms with E-state index in [0.29, 0.717) is 31.0 Å². The van der Waals surface area contributed by atoms with E-state index in [9.17, 15) is 9.59 Å². The van der Waals surface area contributed by atoms with Gasteiger partial charge < -0.3 is 20.0 Å². The van der Waals surface area contributed by atoms with Crippen LogP contribution in [-0.4, -0.2) is 79.0 Å². The predicted molar refractivity (Wildman–Crippen MR) is 89.0 cm³/mol. The molecule has 24 heavy (non-hydrogen) atoms. The second kappa shape index (κ2) is 6.98. The van der Waals surface area contributed by atoms with Crippen molar-refractivity contribution < 1.29 is 9.59 Å². The Bertz CT molecular complexity index is 530. The SMILES string of the molecule is CN(C)C(=O)N1CC2CC(NCC(=O)N3CCC[C@H]3C#N)C[C@@H]2C1. The number of hydrogen-bond donors (Lipinski definition) is 1. The third kappa shape index (κ3) is 3.34. The van der Waals surface area contributed by atoms with Gasteiger partial charge in [0.2, 0.25) is 5.91 Å². The number of rotatable bonds is 3. The van der Waals surface area contributed by atoms with Crippen LogP contribution in [0, 0.1) is 23.2 Å². The molecular formula is C17H27N5O2. The van der Waals surface area contributed by atoms with E-state index in [2.05, 4.69) is 11.4 Å². The highest BCUT2D eigenvalue weighted by atomic mass is 16.2. The maximum absolute atomic E-state index is 12.3. The Labute approximate surface area is 143 Å². The van der Waals surface area contributed by atoms with Gasteiger partial charge in [0.1, 0.15) is 6.04 Å². The van der Waals surface area contributed by atoms with Gasteiger partial charge in [0.15, 0.2) is 0 Å². The summed E-state index contributed by atoms with van der Waals surface area (Å²) in [6.45, 7) is 2.69. The van der Waals surface area contributed by atoms with Crippen molar-refractivity contribution in [3.63, 3.8) is 0 Å². The van der Waals surface area contributed by atoms with E-state index in [-0.39, 0.29) is 18.0 Å². The topological polar surface area (TPSA) is 79.7 Å². The molecule has 0 aromatic carbocycles. The summed E-state index contributed by atoms with van der Waals surface area (Å²) in [4.78, 5) is 29.6. The van der Waals surface area contributed by atoms with E-state index < -0.39 is 0 Å². The lowest BCUT2D eigenvalue weighted by Gasteiger charge is -2.24. The molecule has 0 aromatic heterocycles. The van der Waals surface area contributed by atoms with Gasteiger partial charge in [-0.15, -0.1) is 0 Å². The Morgan fingerprint density at radius 1 is 1.25 bits per heavy atom. The lowest BCUT2D eigenvalue weighted by atomic mass is 10.0. The van der Waals surface area contributed by atoms with Crippen LogP contribution in [0.1, 0.15) is 25.7 Å². The van der Waals surface area contributed by atoms with Crippen molar-refractivity contribution in [3.8, 4) is 6.07 Å². The second-order valence-electron chi connectivity index (χ2n) is 7.53. The number of carbonyl (C=O) groups excluding carboxylic acids is 2. The molecule has 1 N–H and O–H groups in total. The number of nitrogens with zero attached hydrogens (tertiary/aromatic N) is 4. The number of hydrogen-bond acceptors (Lipinski definition) is 4. The van der Waals surface area contributed by atoms with Gasteiger partial charge in [0, 0.05) is 39.8 Å². The minimum absolute atomic E-state index is 0.0421. The van der Waals surface area contributed by atoms with E-state index in [0.717, 1.165) is 38.8 Å². The smallest absolute Gasteiger partial charge is 0.319 e. The minimum atomic E-state index is -0.243. The van der Waals surface area contributed by atoms with Crippen LogP contribution >= 0.6 is 0 Å². The molecule has 2 aliphatic heterocycles. The molecule has 132 valence electrons. The summed E-state index contributed by atoms with van der Waals surface area (Å²) >= 11 is 0. The molecule has 0 aromatic rings. The zero-order valence-electron chi connectivity index (χ0n) is 14.6. The fraction of sp³-hybridized carbons (Fsp3) is 0.824. The van der Waals surface area contributed by atoms with Gasteiger partial charge >= 0.3 is 6.03 Å². The second-order valence-corrected chi connectivity index (χ2v) is 7.53. The van der Waals surface area contributed by atoms with Crippen molar-refractivity contribution in [2.24, 2.45) is 11.8 Å². The van der Waals surface area contributed by atoms with E-state index in [4.69, 9.17) is 5.26 Å². The zero-order valence-corrected chi connectivity index (χ0v) is 14.6. The molecule has 2 saturated heterocycles. The fourth-order valence-corrected chi connectivity index (χ4v) is 4.44. The zero-order chi connectivity index (χ0) is 17.3. The summed E-state index contributed by atoms with van der Waals surface area (Å²) in [5.41, 5.74) is 0. The molecule has 0 bridgehead atoms. The summed E-state index contributed by atoms with van der Waals surface area (Å²) in [7, 11) is 3.58. The normalized spacial score (nSPS) is 31.9. The van der Waals surface area contributed by atoms with Crippen molar-refractivity contribution in [2.75, 3.05) is 40.3 Å². The summed E-state index contributed by atoms with van der Waals surface area (Å²) < 4.78 is 0. The molecule has 7 nitrogen and oxygen atoms in total. The van der Waals surface area contributed by atoms with E-state index in [1.165, 1.54) is 0 Å². The van der Waals surface area contributed by atoms with Gasteiger partial charge in [-0.05, 0) is 37.5 Å². The highest BCUT2D eigenvalue weighted by molar-refractivity contribution is 5.79. The highest BCUT2D eigenvalue weighted by Gasteiger charge is 2.42. The number of urea groups is 1. The molecule has 1 saturated carbocycles. The number of likely N-dealkylation sites (tertiary alicyclic amines) is 2. The first-order valence-corrected chi connectivity index (χ1v) is 8.88. The van der Waals surface area contributed by atoms with Gasteiger partial charge in [0.05, 0.1) is 12.6 Å². The molecule has 3 amide bonds. The third-order valence-electron chi connectivity index (χ3n) is 5.67. The molecule has 2 unspecified atom stereocenters. The van der Waals surface area contributed by atoms with Crippen molar-refractivity contribution >= 4 is 11.9 Å². The Kier molecular flexibility index (Phi) is 4.95. The maximum atomic E-state index is 12.3. The standard InChI is InChI=1S/C17H27N5O2/c1-20(2)17(24)21-10-12-6-14(7-13(12)11-21)19-9-16(23)22-5-3-4-15(22)8-18/h12-15,19H,3-7,9-11H2,1-2H3/t12-,13?,14?,15+/m1/s1. The quantitative estimate of drug-likeness (QED) is 0.815. The molecule has 2 heterocycles. The summed E-state index contributed by atoms with van der Waals surface area (Å²) in [5.74, 6) is 1.13. The lowest BCUT2D eigenvalue weighted by Crippen LogP contribution is -2.43. The van der Waals surface area contributed by atoms with Crippen LogP contribution in [-0.2, 0) is 4.79 Å². The average molecular weight is 333 g/mol. The van der Waals surface area contributed by atoms with Crippen LogP contribution in [0.15, 0.2) is 0 Å². The maximum Gasteiger partial charge on any atom is 0.319 e. The predicted octanol–water partition coefficient (Wildman–Crippen LogP) is 0.483. The third-order valence-corrected chi connectivity index (χ3v) is 5.67. The lowest BCUT2D eigenvalue weighted by molar-refractivity contribution is -0.130. The Morgan fingerprint density at radius 2 is 1.92 bits per heavy atom. The van der Waals surface area contributed by atoms with Gasteiger partial charge in [-0.2, -0.15) is 5.26 Å². The highest BCUT2D eigenvalue weighted by Crippen LogP contribution is 2.38. The fourth-order valence-electron chi connectivity index (χ4n) is 4.44. The Balaban J connectivity index is 1.43. The van der Waals surface area contributed by atoms with Crippen molar-refractivity contribution in [2.45, 2.75) is 37.8 Å². The van der Waals surface area contributed by atoms with Crippen LogP contribution in [0.2, 0.25) is 0 Å². The number of amides is 3. The Morgan fingerprint density at radius 3 is 2.50 bits per heavy atom.